The Morgan fingerprint density at radius 1 is 0.935 bits per heavy atom. The zero-order chi connectivity index (χ0) is 21.2. The molecule has 4 aliphatic carbocycles. The minimum atomic E-state index is 0.280. The van der Waals surface area contributed by atoms with Gasteiger partial charge in [0.2, 0.25) is 11.3 Å². The number of anilines is 3. The Labute approximate surface area is 190 Å². The van der Waals surface area contributed by atoms with Crippen LogP contribution in [0.4, 0.5) is 17.3 Å². The van der Waals surface area contributed by atoms with E-state index in [1.807, 2.05) is 6.07 Å². The minimum Gasteiger partial charge on any atom is -0.364 e. The summed E-state index contributed by atoms with van der Waals surface area (Å²) in [5, 5.41) is 15.7. The van der Waals surface area contributed by atoms with Crippen molar-refractivity contribution in [2.24, 2.45) is 23.2 Å². The van der Waals surface area contributed by atoms with Gasteiger partial charge in [0.25, 0.3) is 0 Å². The third-order valence-corrected chi connectivity index (χ3v) is 8.39. The first-order valence-electron chi connectivity index (χ1n) is 11.0. The van der Waals surface area contributed by atoms with E-state index in [-0.39, 0.29) is 6.04 Å². The second kappa shape index (κ2) is 7.20. The molecule has 3 aromatic rings. The Kier molecular flexibility index (Phi) is 4.54. The second-order valence-electron chi connectivity index (χ2n) is 9.73. The molecular formula is C22H24Cl2N6O. The highest BCUT2D eigenvalue weighted by Crippen LogP contribution is 2.61. The van der Waals surface area contributed by atoms with Crippen molar-refractivity contribution in [3.8, 4) is 0 Å². The molecule has 2 aromatic heterocycles. The molecule has 0 saturated heterocycles. The molecule has 162 valence electrons. The van der Waals surface area contributed by atoms with E-state index < -0.39 is 0 Å². The Morgan fingerprint density at radius 3 is 2.16 bits per heavy atom. The number of aromatic nitrogens is 4. The zero-order valence-electron chi connectivity index (χ0n) is 17.2. The van der Waals surface area contributed by atoms with Crippen LogP contribution in [-0.2, 0) is 0 Å². The van der Waals surface area contributed by atoms with E-state index in [1.54, 1.807) is 12.1 Å². The predicted molar refractivity (Wildman–Crippen MR) is 121 cm³/mol. The van der Waals surface area contributed by atoms with Crippen molar-refractivity contribution in [1.29, 1.82) is 0 Å². The third kappa shape index (κ3) is 3.42. The number of hydrogen-bond acceptors (Lipinski definition) is 7. The average molecular weight is 459 g/mol. The summed E-state index contributed by atoms with van der Waals surface area (Å²) in [6.45, 7) is 2.29. The molecule has 0 amide bonds. The molecule has 0 aliphatic heterocycles. The summed E-state index contributed by atoms with van der Waals surface area (Å²) in [5.74, 6) is 3.88. The highest BCUT2D eigenvalue weighted by Gasteiger charge is 2.53. The second-order valence-corrected chi connectivity index (χ2v) is 10.5. The normalized spacial score (nSPS) is 30.0. The lowest BCUT2D eigenvalue weighted by Crippen LogP contribution is -2.53. The van der Waals surface area contributed by atoms with E-state index >= 15 is 0 Å². The van der Waals surface area contributed by atoms with Gasteiger partial charge >= 0.3 is 0 Å². The molecule has 1 atom stereocenters. The van der Waals surface area contributed by atoms with Gasteiger partial charge in [-0.2, -0.15) is 0 Å². The number of benzene rings is 1. The largest absolute Gasteiger partial charge is 0.364 e. The standard InChI is InChI=1S/C22H24Cl2N6O/c1-11(22-8-12-4-13(9-22)6-14(5-12)10-22)25-18-19(28-21-20(27-18)29-31-30-21)26-15-2-3-16(23)17(24)7-15/h2-3,7,11-14H,4-6,8-10H2,1H3,(H,25,27,29)(H,26,28,30)/t11-,12?,13?,14?,22?/m1/s1. The lowest BCUT2D eigenvalue weighted by molar-refractivity contribution is -0.0602. The number of hydrogen-bond donors (Lipinski definition) is 2. The Bertz CT molecular complexity index is 1110. The van der Waals surface area contributed by atoms with Crippen molar-refractivity contribution >= 4 is 51.8 Å². The van der Waals surface area contributed by atoms with Gasteiger partial charge in [-0.05, 0) is 97.1 Å². The van der Waals surface area contributed by atoms with Gasteiger partial charge in [0.15, 0.2) is 11.6 Å². The molecule has 1 aromatic carbocycles. The van der Waals surface area contributed by atoms with E-state index in [4.69, 9.17) is 27.8 Å². The number of halogens is 2. The Morgan fingerprint density at radius 2 is 1.55 bits per heavy atom. The van der Waals surface area contributed by atoms with Crippen LogP contribution >= 0.6 is 23.2 Å². The van der Waals surface area contributed by atoms with Crippen molar-refractivity contribution < 1.29 is 4.63 Å². The minimum absolute atomic E-state index is 0.280. The molecule has 7 rings (SSSR count). The van der Waals surface area contributed by atoms with Gasteiger partial charge in [0.05, 0.1) is 10.0 Å². The van der Waals surface area contributed by atoms with Crippen LogP contribution in [0.5, 0.6) is 0 Å². The van der Waals surface area contributed by atoms with E-state index in [0.29, 0.717) is 38.4 Å². The fourth-order valence-corrected chi connectivity index (χ4v) is 6.90. The monoisotopic (exact) mass is 458 g/mol. The number of fused-ring (bicyclic) bond motifs is 1. The summed E-state index contributed by atoms with van der Waals surface area (Å²) in [6.07, 6.45) is 8.20. The van der Waals surface area contributed by atoms with Crippen molar-refractivity contribution in [1.82, 2.24) is 20.3 Å². The topological polar surface area (TPSA) is 88.8 Å². The number of nitrogens with zero attached hydrogens (tertiary/aromatic N) is 4. The van der Waals surface area contributed by atoms with Crippen LogP contribution in [0.1, 0.15) is 45.4 Å². The maximum atomic E-state index is 6.20. The lowest BCUT2D eigenvalue weighted by Gasteiger charge is -2.59. The summed E-state index contributed by atoms with van der Waals surface area (Å²) in [5.41, 5.74) is 1.84. The van der Waals surface area contributed by atoms with Crippen LogP contribution in [0.15, 0.2) is 22.8 Å². The fourth-order valence-electron chi connectivity index (χ4n) is 6.60. The van der Waals surface area contributed by atoms with Crippen LogP contribution in [0.25, 0.3) is 11.3 Å². The molecule has 4 saturated carbocycles. The van der Waals surface area contributed by atoms with E-state index in [2.05, 4.69) is 37.8 Å². The molecule has 0 unspecified atom stereocenters. The maximum Gasteiger partial charge on any atom is 0.245 e. The van der Waals surface area contributed by atoms with E-state index in [0.717, 1.165) is 23.4 Å². The first-order chi connectivity index (χ1) is 15.0. The highest BCUT2D eigenvalue weighted by molar-refractivity contribution is 6.42. The molecule has 4 fully saturated rings. The van der Waals surface area contributed by atoms with Crippen molar-refractivity contribution in [2.75, 3.05) is 10.6 Å². The smallest absolute Gasteiger partial charge is 0.245 e. The molecule has 4 bridgehead atoms. The van der Waals surface area contributed by atoms with Crippen LogP contribution in [-0.4, -0.2) is 26.3 Å². The van der Waals surface area contributed by atoms with Crippen molar-refractivity contribution in [3.05, 3.63) is 28.2 Å². The molecule has 0 spiro atoms. The molecular weight excluding hydrogens is 435 g/mol. The molecule has 9 heteroatoms. The Hall–Kier alpha value is -2.12. The van der Waals surface area contributed by atoms with Crippen molar-refractivity contribution in [2.45, 2.75) is 51.5 Å². The van der Waals surface area contributed by atoms with E-state index in [9.17, 15) is 0 Å². The van der Waals surface area contributed by atoms with Gasteiger partial charge < -0.3 is 10.6 Å². The molecule has 4 aliphatic rings. The quantitative estimate of drug-likeness (QED) is 0.478. The van der Waals surface area contributed by atoms with Crippen LogP contribution in [0.2, 0.25) is 10.0 Å². The van der Waals surface area contributed by atoms with Gasteiger partial charge in [0, 0.05) is 11.7 Å². The first-order valence-corrected chi connectivity index (χ1v) is 11.7. The van der Waals surface area contributed by atoms with Gasteiger partial charge in [-0.15, -0.1) is 0 Å². The summed E-state index contributed by atoms with van der Waals surface area (Å²) in [4.78, 5) is 9.28. The highest BCUT2D eigenvalue weighted by atomic mass is 35.5. The first kappa shape index (κ1) is 19.6. The Balaban J connectivity index is 1.32. The van der Waals surface area contributed by atoms with Crippen LogP contribution < -0.4 is 10.6 Å². The van der Waals surface area contributed by atoms with Gasteiger partial charge in [-0.3, -0.25) is 0 Å². The van der Waals surface area contributed by atoms with E-state index in [1.165, 1.54) is 38.5 Å². The SMILES string of the molecule is C[C@@H](Nc1nc2nonc2nc1Nc1ccc(Cl)c(Cl)c1)C12CC3CC(CC(C3)C1)C2. The zero-order valence-corrected chi connectivity index (χ0v) is 18.7. The molecule has 7 nitrogen and oxygen atoms in total. The van der Waals surface area contributed by atoms with Crippen molar-refractivity contribution in [3.63, 3.8) is 0 Å². The maximum absolute atomic E-state index is 6.20. The van der Waals surface area contributed by atoms with Crippen LogP contribution in [0.3, 0.4) is 0 Å². The molecule has 2 N–H and O–H groups in total. The van der Waals surface area contributed by atoms with Gasteiger partial charge in [0.1, 0.15) is 0 Å². The lowest BCUT2D eigenvalue weighted by atomic mass is 9.48. The summed E-state index contributed by atoms with van der Waals surface area (Å²) in [6, 6.07) is 5.65. The fraction of sp³-hybridized carbons (Fsp3) is 0.545. The molecule has 31 heavy (non-hydrogen) atoms. The number of nitrogens with one attached hydrogen (secondary N) is 2. The molecule has 0 radical (unpaired) electrons. The van der Waals surface area contributed by atoms with Gasteiger partial charge in [-0.1, -0.05) is 23.2 Å². The average Bonchev–Trinajstić information content (AvgIpc) is 3.17. The number of rotatable bonds is 5. The predicted octanol–water partition coefficient (Wildman–Crippen LogP) is 6.08. The van der Waals surface area contributed by atoms with Gasteiger partial charge in [-0.25, -0.2) is 14.6 Å². The van der Waals surface area contributed by atoms with Crippen LogP contribution in [0, 0.1) is 23.2 Å². The summed E-state index contributed by atoms with van der Waals surface area (Å²) in [7, 11) is 0. The summed E-state index contributed by atoms with van der Waals surface area (Å²) >= 11 is 12.3. The third-order valence-electron chi connectivity index (χ3n) is 7.65. The summed E-state index contributed by atoms with van der Waals surface area (Å²) < 4.78 is 4.85. The molecule has 2 heterocycles.